The van der Waals surface area contributed by atoms with Crippen LogP contribution in [0.4, 0.5) is 5.69 Å². The average molecular weight is 398 g/mol. The number of carboxylic acids is 1. The van der Waals surface area contributed by atoms with Crippen LogP contribution in [-0.4, -0.2) is 45.3 Å². The van der Waals surface area contributed by atoms with Crippen molar-refractivity contribution >= 4 is 35.2 Å². The van der Waals surface area contributed by atoms with E-state index >= 15 is 0 Å². The molecule has 0 saturated carbocycles. The number of fused-ring (bicyclic) bond motifs is 1. The summed E-state index contributed by atoms with van der Waals surface area (Å²) in [7, 11) is 0. The van der Waals surface area contributed by atoms with Gasteiger partial charge in [0.1, 0.15) is 6.04 Å². The van der Waals surface area contributed by atoms with Crippen molar-refractivity contribution in [2.75, 3.05) is 16.8 Å². The van der Waals surface area contributed by atoms with Crippen molar-refractivity contribution in [3.05, 3.63) is 65.2 Å². The molecule has 0 aromatic heterocycles. The summed E-state index contributed by atoms with van der Waals surface area (Å²) < 4.78 is 0. The van der Waals surface area contributed by atoms with Crippen LogP contribution in [0.2, 0.25) is 0 Å². The van der Waals surface area contributed by atoms with Gasteiger partial charge in [0.15, 0.2) is 0 Å². The fourth-order valence-corrected chi connectivity index (χ4v) is 3.85. The number of amides is 2. The van der Waals surface area contributed by atoms with E-state index in [4.69, 9.17) is 0 Å². The smallest absolute Gasteiger partial charge is 0.326 e. The van der Waals surface area contributed by atoms with E-state index in [9.17, 15) is 19.5 Å². The quantitative estimate of drug-likeness (QED) is 0.781. The van der Waals surface area contributed by atoms with Crippen LogP contribution in [0.3, 0.4) is 0 Å². The summed E-state index contributed by atoms with van der Waals surface area (Å²) in [5.74, 6) is -1.28. The summed E-state index contributed by atoms with van der Waals surface area (Å²) in [6, 6.07) is 14.2. The molecule has 1 aliphatic heterocycles. The second-order valence-corrected chi connectivity index (χ2v) is 7.74. The number of carboxylic acid groups (broad SMARTS) is 1. The second kappa shape index (κ2) is 8.93. The van der Waals surface area contributed by atoms with Crippen LogP contribution in [0.1, 0.15) is 16.7 Å². The van der Waals surface area contributed by atoms with Crippen molar-refractivity contribution in [3.8, 4) is 0 Å². The number of carbonyl (C=O) groups is 3. The van der Waals surface area contributed by atoms with Crippen LogP contribution in [-0.2, 0) is 27.3 Å². The number of hydrogen-bond acceptors (Lipinski definition) is 4. The Morgan fingerprint density at radius 1 is 1.07 bits per heavy atom. The number of benzene rings is 2. The van der Waals surface area contributed by atoms with Gasteiger partial charge in [-0.15, -0.1) is 11.8 Å². The van der Waals surface area contributed by atoms with Gasteiger partial charge in [0.05, 0.1) is 11.5 Å². The lowest BCUT2D eigenvalue weighted by Gasteiger charge is -2.34. The molecule has 2 aromatic carbocycles. The van der Waals surface area contributed by atoms with Gasteiger partial charge in [-0.3, -0.25) is 9.59 Å². The van der Waals surface area contributed by atoms with Crippen LogP contribution < -0.4 is 5.32 Å². The Kier molecular flexibility index (Phi) is 6.36. The van der Waals surface area contributed by atoms with Gasteiger partial charge in [0.25, 0.3) is 0 Å². The minimum atomic E-state index is -1.01. The molecular formula is C21H22N2O4S. The number of anilines is 1. The lowest BCUT2D eigenvalue weighted by molar-refractivity contribution is -0.150. The molecule has 146 valence electrons. The third kappa shape index (κ3) is 4.92. The van der Waals surface area contributed by atoms with E-state index in [0.717, 1.165) is 16.7 Å². The maximum Gasteiger partial charge on any atom is 0.326 e. The molecule has 0 radical (unpaired) electrons. The molecule has 28 heavy (non-hydrogen) atoms. The fourth-order valence-electron chi connectivity index (χ4n) is 3.15. The third-order valence-corrected chi connectivity index (χ3v) is 5.57. The lowest BCUT2D eigenvalue weighted by atomic mass is 9.94. The molecule has 0 spiro atoms. The van der Waals surface area contributed by atoms with Gasteiger partial charge in [-0.1, -0.05) is 42.0 Å². The minimum Gasteiger partial charge on any atom is -0.480 e. The van der Waals surface area contributed by atoms with Crippen LogP contribution in [0.25, 0.3) is 0 Å². The Morgan fingerprint density at radius 3 is 2.43 bits per heavy atom. The SMILES string of the molecule is Cc1ccc(NC(=O)CSCC(=O)N2Cc3ccccc3CC2C(=O)O)cc1. The van der Waals surface area contributed by atoms with Crippen molar-refractivity contribution in [1.82, 2.24) is 4.90 Å². The maximum absolute atomic E-state index is 12.6. The summed E-state index contributed by atoms with van der Waals surface area (Å²) in [4.78, 5) is 37.7. The Morgan fingerprint density at radius 2 is 1.75 bits per heavy atom. The number of nitrogens with zero attached hydrogens (tertiary/aromatic N) is 1. The van der Waals surface area contributed by atoms with Crippen molar-refractivity contribution < 1.29 is 19.5 Å². The molecule has 0 aliphatic carbocycles. The number of thioether (sulfide) groups is 1. The average Bonchev–Trinajstić information content (AvgIpc) is 2.68. The first-order valence-corrected chi connectivity index (χ1v) is 10.1. The zero-order valence-corrected chi connectivity index (χ0v) is 16.4. The minimum absolute atomic E-state index is 0.0628. The highest BCUT2D eigenvalue weighted by Crippen LogP contribution is 2.24. The molecule has 6 nitrogen and oxygen atoms in total. The molecule has 2 aromatic rings. The highest BCUT2D eigenvalue weighted by atomic mass is 32.2. The van der Waals surface area contributed by atoms with Crippen molar-refractivity contribution in [1.29, 1.82) is 0 Å². The number of nitrogens with one attached hydrogen (secondary N) is 1. The van der Waals surface area contributed by atoms with E-state index in [1.54, 1.807) is 0 Å². The Labute approximate surface area is 167 Å². The van der Waals surface area contributed by atoms with E-state index in [-0.39, 0.29) is 29.9 Å². The molecule has 1 heterocycles. The largest absolute Gasteiger partial charge is 0.480 e. The van der Waals surface area contributed by atoms with E-state index in [1.165, 1.54) is 16.7 Å². The van der Waals surface area contributed by atoms with Crippen LogP contribution in [0.15, 0.2) is 48.5 Å². The molecule has 0 saturated heterocycles. The summed E-state index contributed by atoms with van der Waals surface area (Å²) in [6.45, 7) is 2.25. The number of aliphatic carboxylic acids is 1. The van der Waals surface area contributed by atoms with E-state index in [2.05, 4.69) is 5.32 Å². The summed E-state index contributed by atoms with van der Waals surface area (Å²) in [5, 5.41) is 12.3. The predicted octanol–water partition coefficient (Wildman–Crippen LogP) is 2.70. The second-order valence-electron chi connectivity index (χ2n) is 6.76. The number of aryl methyl sites for hydroxylation is 1. The van der Waals surface area contributed by atoms with Crippen LogP contribution in [0.5, 0.6) is 0 Å². The summed E-state index contributed by atoms with van der Waals surface area (Å²) >= 11 is 1.18. The van der Waals surface area contributed by atoms with Gasteiger partial charge in [-0.25, -0.2) is 4.79 Å². The lowest BCUT2D eigenvalue weighted by Crippen LogP contribution is -2.49. The molecule has 3 rings (SSSR count). The van der Waals surface area contributed by atoms with E-state index in [1.807, 2.05) is 55.5 Å². The normalized spacial score (nSPS) is 15.6. The molecule has 1 atom stereocenters. The third-order valence-electron chi connectivity index (χ3n) is 4.65. The molecule has 2 N–H and O–H groups in total. The van der Waals surface area contributed by atoms with E-state index in [0.29, 0.717) is 12.1 Å². The van der Waals surface area contributed by atoms with Crippen molar-refractivity contribution in [2.45, 2.75) is 25.9 Å². The maximum atomic E-state index is 12.6. The molecule has 1 unspecified atom stereocenters. The van der Waals surface area contributed by atoms with Gasteiger partial charge in [0, 0.05) is 18.7 Å². The number of rotatable bonds is 6. The molecule has 7 heteroatoms. The van der Waals surface area contributed by atoms with Gasteiger partial charge in [0.2, 0.25) is 11.8 Å². The number of hydrogen-bond donors (Lipinski definition) is 2. The molecular weight excluding hydrogens is 376 g/mol. The first-order valence-electron chi connectivity index (χ1n) is 8.97. The van der Waals surface area contributed by atoms with Gasteiger partial charge in [-0.05, 0) is 30.2 Å². The van der Waals surface area contributed by atoms with Crippen LogP contribution >= 0.6 is 11.8 Å². The first-order chi connectivity index (χ1) is 13.4. The van der Waals surface area contributed by atoms with Gasteiger partial charge in [-0.2, -0.15) is 0 Å². The van der Waals surface area contributed by atoms with Crippen molar-refractivity contribution in [2.24, 2.45) is 0 Å². The highest BCUT2D eigenvalue weighted by Gasteiger charge is 2.34. The molecule has 2 amide bonds. The monoisotopic (exact) mass is 398 g/mol. The Hall–Kier alpha value is -2.80. The molecule has 0 fully saturated rings. The summed E-state index contributed by atoms with van der Waals surface area (Å²) in [6.07, 6.45) is 0.301. The highest BCUT2D eigenvalue weighted by molar-refractivity contribution is 8.00. The predicted molar refractivity (Wildman–Crippen MR) is 109 cm³/mol. The zero-order chi connectivity index (χ0) is 20.1. The van der Waals surface area contributed by atoms with Crippen LogP contribution in [0, 0.1) is 6.92 Å². The molecule has 0 bridgehead atoms. The molecule has 1 aliphatic rings. The summed E-state index contributed by atoms with van der Waals surface area (Å²) in [5.41, 5.74) is 3.75. The fraction of sp³-hybridized carbons (Fsp3) is 0.286. The first kappa shape index (κ1) is 19.9. The van der Waals surface area contributed by atoms with Gasteiger partial charge >= 0.3 is 5.97 Å². The van der Waals surface area contributed by atoms with Gasteiger partial charge < -0.3 is 15.3 Å². The topological polar surface area (TPSA) is 86.7 Å². The van der Waals surface area contributed by atoms with E-state index < -0.39 is 12.0 Å². The van der Waals surface area contributed by atoms with Crippen molar-refractivity contribution in [3.63, 3.8) is 0 Å². The standard InChI is InChI=1S/C21H22N2O4S/c1-14-6-8-17(9-7-14)22-19(24)12-28-13-20(25)23-11-16-5-3-2-4-15(16)10-18(23)21(26)27/h2-9,18H,10-13H2,1H3,(H,22,24)(H,26,27). The number of carbonyl (C=O) groups excluding carboxylic acids is 2. The Bertz CT molecular complexity index is 882. The zero-order valence-electron chi connectivity index (χ0n) is 15.6. The Balaban J connectivity index is 1.54.